The third-order valence-electron chi connectivity index (χ3n) is 3.39. The first kappa shape index (κ1) is 12.0. The van der Waals surface area contributed by atoms with E-state index in [-0.39, 0.29) is 5.75 Å². The lowest BCUT2D eigenvalue weighted by Gasteiger charge is -2.24. The van der Waals surface area contributed by atoms with Gasteiger partial charge in [-0.15, -0.1) is 0 Å². The Bertz CT molecular complexity index is 530. The molecule has 2 aromatic rings. The summed E-state index contributed by atoms with van der Waals surface area (Å²) in [6, 6.07) is 7.05. The van der Waals surface area contributed by atoms with Crippen molar-refractivity contribution in [3.05, 3.63) is 35.7 Å². The fraction of sp³-hybridized carbons (Fsp3) is 0.429. The molecule has 0 saturated carbocycles. The third kappa shape index (κ3) is 2.86. The molecule has 2 heterocycles. The molecule has 1 aromatic heterocycles. The third-order valence-corrected chi connectivity index (χ3v) is 3.39. The van der Waals surface area contributed by atoms with E-state index >= 15 is 0 Å². The second kappa shape index (κ2) is 5.30. The maximum absolute atomic E-state index is 9.24. The fourth-order valence-electron chi connectivity index (χ4n) is 2.33. The van der Waals surface area contributed by atoms with Crippen molar-refractivity contribution in [1.82, 2.24) is 10.1 Å². The average molecular weight is 259 g/mol. The number of rotatable bonds is 3. The van der Waals surface area contributed by atoms with Crippen LogP contribution in [-0.4, -0.2) is 28.3 Å². The molecule has 0 spiro atoms. The highest BCUT2D eigenvalue weighted by atomic mass is 16.5. The van der Waals surface area contributed by atoms with E-state index in [1.165, 1.54) is 19.3 Å². The normalized spacial score (nSPS) is 15.7. The number of aromatic hydroxyl groups is 1. The van der Waals surface area contributed by atoms with Crippen LogP contribution < -0.4 is 4.90 Å². The van der Waals surface area contributed by atoms with Crippen molar-refractivity contribution in [3.63, 3.8) is 0 Å². The van der Waals surface area contributed by atoms with E-state index in [1.807, 2.05) is 12.1 Å². The molecule has 1 fully saturated rings. The Labute approximate surface area is 111 Å². The lowest BCUT2D eigenvalue weighted by molar-refractivity contribution is 0.382. The number of nitrogens with zero attached hydrogens (tertiary/aromatic N) is 3. The van der Waals surface area contributed by atoms with Crippen LogP contribution in [-0.2, 0) is 6.42 Å². The summed E-state index contributed by atoms with van der Waals surface area (Å²) in [7, 11) is 0. The molecule has 0 atom stereocenters. The first-order chi connectivity index (χ1) is 9.31. The SMILES string of the molecule is Oc1ccc(Cc2nc(N3CCCCC3)no2)cc1. The number of anilines is 1. The van der Waals surface area contributed by atoms with Crippen LogP contribution in [0.2, 0.25) is 0 Å². The molecule has 0 unspecified atom stereocenters. The van der Waals surface area contributed by atoms with Gasteiger partial charge in [0.2, 0.25) is 5.89 Å². The molecule has 0 radical (unpaired) electrons. The Morgan fingerprint density at radius 2 is 1.84 bits per heavy atom. The molecule has 1 aliphatic heterocycles. The number of hydrogen-bond acceptors (Lipinski definition) is 5. The van der Waals surface area contributed by atoms with Crippen LogP contribution in [0.15, 0.2) is 28.8 Å². The van der Waals surface area contributed by atoms with E-state index in [1.54, 1.807) is 12.1 Å². The van der Waals surface area contributed by atoms with Gasteiger partial charge in [0.05, 0.1) is 6.42 Å². The summed E-state index contributed by atoms with van der Waals surface area (Å²) in [5.74, 6) is 1.59. The van der Waals surface area contributed by atoms with Crippen LogP contribution in [0, 0.1) is 0 Å². The van der Waals surface area contributed by atoms with Crippen LogP contribution in [0.3, 0.4) is 0 Å². The standard InChI is InChI=1S/C14H17N3O2/c18-12-6-4-11(5-7-12)10-13-15-14(16-19-13)17-8-2-1-3-9-17/h4-7,18H,1-3,8-10H2. The molecule has 1 saturated heterocycles. The van der Waals surface area contributed by atoms with Crippen LogP contribution in [0.4, 0.5) is 5.95 Å². The van der Waals surface area contributed by atoms with Crippen LogP contribution in [0.5, 0.6) is 5.75 Å². The summed E-state index contributed by atoms with van der Waals surface area (Å²) < 4.78 is 5.29. The monoisotopic (exact) mass is 259 g/mol. The van der Waals surface area contributed by atoms with Gasteiger partial charge in [-0.3, -0.25) is 0 Å². The second-order valence-corrected chi connectivity index (χ2v) is 4.88. The quantitative estimate of drug-likeness (QED) is 0.916. The van der Waals surface area contributed by atoms with E-state index in [0.717, 1.165) is 18.7 Å². The van der Waals surface area contributed by atoms with Crippen LogP contribution in [0.25, 0.3) is 0 Å². The molecule has 0 aliphatic carbocycles. The highest BCUT2D eigenvalue weighted by molar-refractivity contribution is 5.30. The van der Waals surface area contributed by atoms with Crippen LogP contribution in [0.1, 0.15) is 30.7 Å². The van der Waals surface area contributed by atoms with Gasteiger partial charge < -0.3 is 14.5 Å². The van der Waals surface area contributed by atoms with Crippen molar-refractivity contribution in [1.29, 1.82) is 0 Å². The van der Waals surface area contributed by atoms with Gasteiger partial charge in [-0.1, -0.05) is 12.1 Å². The summed E-state index contributed by atoms with van der Waals surface area (Å²) in [5.41, 5.74) is 1.05. The van der Waals surface area contributed by atoms with E-state index < -0.39 is 0 Å². The van der Waals surface area contributed by atoms with Crippen molar-refractivity contribution < 1.29 is 9.63 Å². The molecule has 1 aliphatic rings. The lowest BCUT2D eigenvalue weighted by atomic mass is 10.1. The summed E-state index contributed by atoms with van der Waals surface area (Å²) >= 11 is 0. The number of hydrogen-bond donors (Lipinski definition) is 1. The maximum Gasteiger partial charge on any atom is 0.266 e. The number of benzene rings is 1. The number of phenols is 1. The van der Waals surface area contributed by atoms with Crippen molar-refractivity contribution in [2.75, 3.05) is 18.0 Å². The molecule has 0 amide bonds. The van der Waals surface area contributed by atoms with Crippen molar-refractivity contribution >= 4 is 5.95 Å². The summed E-state index contributed by atoms with van der Waals surface area (Å²) in [6.45, 7) is 2.02. The molecular weight excluding hydrogens is 242 g/mol. The average Bonchev–Trinajstić information content (AvgIpc) is 2.91. The topological polar surface area (TPSA) is 62.4 Å². The summed E-state index contributed by atoms with van der Waals surface area (Å²) in [6.07, 6.45) is 4.28. The highest BCUT2D eigenvalue weighted by Gasteiger charge is 2.16. The Morgan fingerprint density at radius 1 is 1.11 bits per heavy atom. The Balaban J connectivity index is 1.68. The van der Waals surface area contributed by atoms with Gasteiger partial charge in [0.15, 0.2) is 0 Å². The number of aromatic nitrogens is 2. The van der Waals surface area contributed by atoms with E-state index in [9.17, 15) is 5.11 Å². The lowest BCUT2D eigenvalue weighted by Crippen LogP contribution is -2.30. The zero-order valence-electron chi connectivity index (χ0n) is 10.7. The van der Waals surface area contributed by atoms with E-state index in [0.29, 0.717) is 18.3 Å². The van der Waals surface area contributed by atoms with Gasteiger partial charge in [0, 0.05) is 13.1 Å². The van der Waals surface area contributed by atoms with Gasteiger partial charge in [-0.25, -0.2) is 0 Å². The highest BCUT2D eigenvalue weighted by Crippen LogP contribution is 2.18. The van der Waals surface area contributed by atoms with Crippen molar-refractivity contribution in [3.8, 4) is 5.75 Å². The minimum Gasteiger partial charge on any atom is -0.508 e. The fourth-order valence-corrected chi connectivity index (χ4v) is 2.33. The molecule has 0 bridgehead atoms. The Morgan fingerprint density at radius 3 is 2.58 bits per heavy atom. The largest absolute Gasteiger partial charge is 0.508 e. The molecule has 100 valence electrons. The maximum atomic E-state index is 9.24. The van der Waals surface area contributed by atoms with Crippen molar-refractivity contribution in [2.24, 2.45) is 0 Å². The minimum atomic E-state index is 0.267. The molecule has 5 heteroatoms. The van der Waals surface area contributed by atoms with Gasteiger partial charge in [-0.2, -0.15) is 4.98 Å². The van der Waals surface area contributed by atoms with E-state index in [4.69, 9.17) is 4.52 Å². The first-order valence-electron chi connectivity index (χ1n) is 6.67. The van der Waals surface area contributed by atoms with E-state index in [2.05, 4.69) is 15.0 Å². The zero-order chi connectivity index (χ0) is 13.1. The molecular formula is C14H17N3O2. The molecule has 19 heavy (non-hydrogen) atoms. The minimum absolute atomic E-state index is 0.267. The predicted molar refractivity (Wildman–Crippen MR) is 71.3 cm³/mol. The summed E-state index contributed by atoms with van der Waals surface area (Å²) in [4.78, 5) is 6.61. The van der Waals surface area contributed by atoms with Gasteiger partial charge in [0.25, 0.3) is 5.95 Å². The second-order valence-electron chi connectivity index (χ2n) is 4.88. The first-order valence-corrected chi connectivity index (χ1v) is 6.67. The Kier molecular flexibility index (Phi) is 3.35. The molecule has 1 N–H and O–H groups in total. The Hall–Kier alpha value is -2.04. The zero-order valence-corrected chi connectivity index (χ0v) is 10.7. The van der Waals surface area contributed by atoms with Crippen molar-refractivity contribution in [2.45, 2.75) is 25.7 Å². The molecule has 1 aromatic carbocycles. The van der Waals surface area contributed by atoms with Gasteiger partial charge in [-0.05, 0) is 42.1 Å². The predicted octanol–water partition coefficient (Wildman–Crippen LogP) is 2.36. The number of phenolic OH excluding ortho intramolecular Hbond substituents is 1. The number of piperidine rings is 1. The summed E-state index contributed by atoms with van der Waals surface area (Å²) in [5, 5.41) is 13.3. The van der Waals surface area contributed by atoms with Crippen LogP contribution >= 0.6 is 0 Å². The molecule has 5 nitrogen and oxygen atoms in total. The molecule has 3 rings (SSSR count). The smallest absolute Gasteiger partial charge is 0.266 e. The van der Waals surface area contributed by atoms with Gasteiger partial charge >= 0.3 is 0 Å². The van der Waals surface area contributed by atoms with Gasteiger partial charge in [0.1, 0.15) is 5.75 Å².